The molecule has 8 nitrogen and oxygen atoms in total. The molecule has 1 atom stereocenters. The van der Waals surface area contributed by atoms with E-state index in [2.05, 4.69) is 5.32 Å². The molecule has 1 saturated heterocycles. The maximum Gasteiger partial charge on any atom is 0.311 e. The standard InChI is InChI=1S/C24H28N2O6/c1-4-30-20-9-5-18(6-10-20)25-22(27)15-31-24(29)17-13-23(28)26(14-17)19-7-11-21(12-8-19)32-16(2)3/h5-12,16-17H,4,13-15H2,1-3H3,(H,25,27)/t17-/m0/s1. The Bertz CT molecular complexity index is 940. The van der Waals surface area contributed by atoms with Gasteiger partial charge >= 0.3 is 5.97 Å². The van der Waals surface area contributed by atoms with E-state index in [9.17, 15) is 14.4 Å². The lowest BCUT2D eigenvalue weighted by molar-refractivity contribution is -0.151. The van der Waals surface area contributed by atoms with Gasteiger partial charge in [-0.15, -0.1) is 0 Å². The summed E-state index contributed by atoms with van der Waals surface area (Å²) in [5, 5.41) is 2.66. The number of nitrogens with one attached hydrogen (secondary N) is 1. The van der Waals surface area contributed by atoms with Crippen molar-refractivity contribution in [2.24, 2.45) is 5.92 Å². The molecule has 0 radical (unpaired) electrons. The number of hydrogen-bond acceptors (Lipinski definition) is 6. The molecule has 0 aromatic heterocycles. The van der Waals surface area contributed by atoms with Crippen LogP contribution in [0.3, 0.4) is 0 Å². The molecule has 0 aliphatic carbocycles. The smallest absolute Gasteiger partial charge is 0.311 e. The lowest BCUT2D eigenvalue weighted by Gasteiger charge is -2.17. The van der Waals surface area contributed by atoms with Crippen molar-refractivity contribution in [2.45, 2.75) is 33.3 Å². The Balaban J connectivity index is 1.48. The highest BCUT2D eigenvalue weighted by Crippen LogP contribution is 2.27. The molecule has 0 spiro atoms. The zero-order valence-corrected chi connectivity index (χ0v) is 18.5. The van der Waals surface area contributed by atoms with Crippen LogP contribution in [0.2, 0.25) is 0 Å². The molecule has 1 heterocycles. The fourth-order valence-electron chi connectivity index (χ4n) is 3.34. The van der Waals surface area contributed by atoms with Crippen LogP contribution in [0, 0.1) is 5.92 Å². The second-order valence-corrected chi connectivity index (χ2v) is 7.68. The first kappa shape index (κ1) is 23.1. The summed E-state index contributed by atoms with van der Waals surface area (Å²) in [7, 11) is 0. The predicted molar refractivity (Wildman–Crippen MR) is 120 cm³/mol. The fourth-order valence-corrected chi connectivity index (χ4v) is 3.34. The SMILES string of the molecule is CCOc1ccc(NC(=O)COC(=O)[C@H]2CC(=O)N(c3ccc(OC(C)C)cc3)C2)cc1. The number of ether oxygens (including phenoxy) is 3. The van der Waals surface area contributed by atoms with Crippen molar-refractivity contribution in [3.05, 3.63) is 48.5 Å². The van der Waals surface area contributed by atoms with Crippen molar-refractivity contribution in [3.63, 3.8) is 0 Å². The van der Waals surface area contributed by atoms with Crippen LogP contribution >= 0.6 is 0 Å². The summed E-state index contributed by atoms with van der Waals surface area (Å²) in [6.45, 7) is 6.11. The average Bonchev–Trinajstić information content (AvgIpc) is 3.15. The number of carbonyl (C=O) groups excluding carboxylic acids is 3. The third-order valence-corrected chi connectivity index (χ3v) is 4.77. The second kappa shape index (κ2) is 10.7. The minimum Gasteiger partial charge on any atom is -0.494 e. The first-order valence-electron chi connectivity index (χ1n) is 10.6. The summed E-state index contributed by atoms with van der Waals surface area (Å²) >= 11 is 0. The monoisotopic (exact) mass is 440 g/mol. The van der Waals surface area contributed by atoms with E-state index < -0.39 is 24.4 Å². The number of amides is 2. The molecule has 1 aliphatic heterocycles. The van der Waals surface area contributed by atoms with Crippen LogP contribution in [-0.4, -0.2) is 43.6 Å². The van der Waals surface area contributed by atoms with E-state index in [1.165, 1.54) is 0 Å². The molecule has 2 aromatic carbocycles. The quantitative estimate of drug-likeness (QED) is 0.601. The third kappa shape index (κ3) is 6.23. The molecule has 1 N–H and O–H groups in total. The highest BCUT2D eigenvalue weighted by atomic mass is 16.5. The zero-order valence-electron chi connectivity index (χ0n) is 18.5. The Hall–Kier alpha value is -3.55. The van der Waals surface area contributed by atoms with Gasteiger partial charge in [0.2, 0.25) is 5.91 Å². The number of rotatable bonds is 9. The molecule has 3 rings (SSSR count). The lowest BCUT2D eigenvalue weighted by Crippen LogP contribution is -2.28. The highest BCUT2D eigenvalue weighted by molar-refractivity contribution is 6.00. The van der Waals surface area contributed by atoms with Crippen molar-refractivity contribution >= 4 is 29.2 Å². The minimum absolute atomic E-state index is 0.0452. The molecular formula is C24H28N2O6. The normalized spacial score (nSPS) is 15.6. The molecule has 0 saturated carbocycles. The van der Waals surface area contributed by atoms with E-state index in [4.69, 9.17) is 14.2 Å². The first-order chi connectivity index (χ1) is 15.4. The Morgan fingerprint density at radius 1 is 1.06 bits per heavy atom. The van der Waals surface area contributed by atoms with Gasteiger partial charge in [0.05, 0.1) is 18.6 Å². The van der Waals surface area contributed by atoms with Gasteiger partial charge in [0.15, 0.2) is 6.61 Å². The molecule has 1 aliphatic rings. The molecule has 170 valence electrons. The fraction of sp³-hybridized carbons (Fsp3) is 0.375. The van der Waals surface area contributed by atoms with Crippen LogP contribution in [0.15, 0.2) is 48.5 Å². The van der Waals surface area contributed by atoms with E-state index in [1.54, 1.807) is 53.4 Å². The van der Waals surface area contributed by atoms with Gasteiger partial charge in [-0.25, -0.2) is 0 Å². The number of esters is 1. The van der Waals surface area contributed by atoms with Crippen LogP contribution in [0.4, 0.5) is 11.4 Å². The Labute approximate surface area is 187 Å². The first-order valence-corrected chi connectivity index (χ1v) is 10.6. The third-order valence-electron chi connectivity index (χ3n) is 4.77. The van der Waals surface area contributed by atoms with Gasteiger partial charge in [0.1, 0.15) is 11.5 Å². The van der Waals surface area contributed by atoms with Crippen LogP contribution in [0.25, 0.3) is 0 Å². The van der Waals surface area contributed by atoms with E-state index in [1.807, 2.05) is 20.8 Å². The van der Waals surface area contributed by atoms with E-state index in [0.29, 0.717) is 29.5 Å². The van der Waals surface area contributed by atoms with Crippen LogP contribution < -0.4 is 19.7 Å². The molecule has 2 aromatic rings. The van der Waals surface area contributed by atoms with Crippen molar-refractivity contribution < 1.29 is 28.6 Å². The average molecular weight is 440 g/mol. The lowest BCUT2D eigenvalue weighted by atomic mass is 10.1. The predicted octanol–water partition coefficient (Wildman–Crippen LogP) is 3.41. The number of nitrogens with zero attached hydrogens (tertiary/aromatic N) is 1. The molecule has 0 bridgehead atoms. The number of benzene rings is 2. The number of hydrogen-bond donors (Lipinski definition) is 1. The number of carbonyl (C=O) groups is 3. The molecule has 0 unspecified atom stereocenters. The van der Waals surface area contributed by atoms with E-state index in [0.717, 1.165) is 0 Å². The second-order valence-electron chi connectivity index (χ2n) is 7.68. The summed E-state index contributed by atoms with van der Waals surface area (Å²) in [5.41, 5.74) is 1.26. The van der Waals surface area contributed by atoms with Gasteiger partial charge in [-0.05, 0) is 69.3 Å². The minimum atomic E-state index is -0.618. The van der Waals surface area contributed by atoms with Crippen LogP contribution in [0.1, 0.15) is 27.2 Å². The molecule has 8 heteroatoms. The molecule has 2 amide bonds. The zero-order chi connectivity index (χ0) is 23.1. The van der Waals surface area contributed by atoms with Crippen molar-refractivity contribution in [1.82, 2.24) is 0 Å². The maximum absolute atomic E-state index is 12.4. The van der Waals surface area contributed by atoms with Crippen LogP contribution in [0.5, 0.6) is 11.5 Å². The number of anilines is 2. The Morgan fingerprint density at radius 3 is 2.34 bits per heavy atom. The van der Waals surface area contributed by atoms with Crippen molar-refractivity contribution in [3.8, 4) is 11.5 Å². The largest absolute Gasteiger partial charge is 0.494 e. The summed E-state index contributed by atoms with van der Waals surface area (Å²) in [4.78, 5) is 38.4. The van der Waals surface area contributed by atoms with E-state index in [-0.39, 0.29) is 25.0 Å². The highest BCUT2D eigenvalue weighted by Gasteiger charge is 2.36. The van der Waals surface area contributed by atoms with Crippen molar-refractivity contribution in [2.75, 3.05) is 30.0 Å². The Morgan fingerprint density at radius 2 is 1.72 bits per heavy atom. The van der Waals surface area contributed by atoms with Gasteiger partial charge < -0.3 is 24.4 Å². The maximum atomic E-state index is 12.4. The van der Waals surface area contributed by atoms with Gasteiger partial charge in [-0.3, -0.25) is 14.4 Å². The van der Waals surface area contributed by atoms with Gasteiger partial charge in [-0.2, -0.15) is 0 Å². The van der Waals surface area contributed by atoms with Gasteiger partial charge in [0.25, 0.3) is 5.91 Å². The summed E-state index contributed by atoms with van der Waals surface area (Å²) in [5.74, 6) is -0.387. The van der Waals surface area contributed by atoms with E-state index >= 15 is 0 Å². The molecule has 1 fully saturated rings. The topological polar surface area (TPSA) is 94.2 Å². The van der Waals surface area contributed by atoms with Crippen LogP contribution in [-0.2, 0) is 19.1 Å². The van der Waals surface area contributed by atoms with Gasteiger partial charge in [-0.1, -0.05) is 0 Å². The molecule has 32 heavy (non-hydrogen) atoms. The summed E-state index contributed by atoms with van der Waals surface area (Å²) in [6, 6.07) is 14.0. The molecular weight excluding hydrogens is 412 g/mol. The van der Waals surface area contributed by atoms with Gasteiger partial charge in [0, 0.05) is 24.3 Å². The summed E-state index contributed by atoms with van der Waals surface area (Å²) < 4.78 is 16.1. The van der Waals surface area contributed by atoms with Crippen molar-refractivity contribution in [1.29, 1.82) is 0 Å². The summed E-state index contributed by atoms with van der Waals surface area (Å²) in [6.07, 6.45) is 0.101. The Kier molecular flexibility index (Phi) is 7.70.